The Labute approximate surface area is 111 Å². The van der Waals surface area contributed by atoms with Crippen molar-refractivity contribution < 1.29 is 15.0 Å². The van der Waals surface area contributed by atoms with Gasteiger partial charge in [0.2, 0.25) is 0 Å². The van der Waals surface area contributed by atoms with Crippen molar-refractivity contribution in [2.45, 2.75) is 71.1 Å². The third-order valence-corrected chi connectivity index (χ3v) is 4.55. The van der Waals surface area contributed by atoms with Gasteiger partial charge >= 0.3 is 5.97 Å². The summed E-state index contributed by atoms with van der Waals surface area (Å²) in [5.74, 6) is 0.129. The maximum absolute atomic E-state index is 11.5. The van der Waals surface area contributed by atoms with E-state index in [1.807, 2.05) is 0 Å². The second kappa shape index (κ2) is 7.78. The largest absolute Gasteiger partial charge is 0.481 e. The maximum Gasteiger partial charge on any atom is 0.309 e. The molecule has 0 heterocycles. The van der Waals surface area contributed by atoms with E-state index in [1.165, 1.54) is 19.3 Å². The molecular formula is C15H28O3. The lowest BCUT2D eigenvalue weighted by molar-refractivity contribution is -0.152. The lowest BCUT2D eigenvalue weighted by Crippen LogP contribution is -2.35. The first kappa shape index (κ1) is 15.5. The van der Waals surface area contributed by atoms with E-state index in [-0.39, 0.29) is 6.61 Å². The van der Waals surface area contributed by atoms with Gasteiger partial charge in [0.05, 0.1) is 5.41 Å². The summed E-state index contributed by atoms with van der Waals surface area (Å²) in [5.41, 5.74) is -0.488. The first-order valence-corrected chi connectivity index (χ1v) is 7.49. The minimum absolute atomic E-state index is 0.175. The van der Waals surface area contributed by atoms with Gasteiger partial charge in [-0.25, -0.2) is 0 Å². The number of aliphatic hydroxyl groups excluding tert-OH is 1. The summed E-state index contributed by atoms with van der Waals surface area (Å²) < 4.78 is 0. The summed E-state index contributed by atoms with van der Waals surface area (Å²) in [4.78, 5) is 11.5. The zero-order chi connectivity index (χ0) is 13.4. The predicted octanol–water partition coefficient (Wildman–Crippen LogP) is 3.60. The molecule has 0 bridgehead atoms. The van der Waals surface area contributed by atoms with E-state index < -0.39 is 11.4 Å². The van der Waals surface area contributed by atoms with Crippen molar-refractivity contribution in [3.05, 3.63) is 0 Å². The van der Waals surface area contributed by atoms with Crippen LogP contribution in [-0.4, -0.2) is 22.8 Å². The van der Waals surface area contributed by atoms with Crippen LogP contribution < -0.4 is 0 Å². The topological polar surface area (TPSA) is 57.5 Å². The van der Waals surface area contributed by atoms with Crippen molar-refractivity contribution >= 4 is 5.97 Å². The predicted molar refractivity (Wildman–Crippen MR) is 72.5 cm³/mol. The Morgan fingerprint density at radius 3 is 2.39 bits per heavy atom. The summed E-state index contributed by atoms with van der Waals surface area (Å²) in [6.07, 6.45) is 9.90. The van der Waals surface area contributed by atoms with E-state index in [9.17, 15) is 9.90 Å². The van der Waals surface area contributed by atoms with Crippen molar-refractivity contribution in [1.29, 1.82) is 0 Å². The average molecular weight is 256 g/mol. The van der Waals surface area contributed by atoms with Crippen LogP contribution in [0.4, 0.5) is 0 Å². The molecule has 0 atom stereocenters. The number of carboxylic acid groups (broad SMARTS) is 1. The molecule has 18 heavy (non-hydrogen) atoms. The monoisotopic (exact) mass is 256 g/mol. The molecule has 0 amide bonds. The molecule has 1 aliphatic carbocycles. The molecule has 0 spiro atoms. The van der Waals surface area contributed by atoms with Crippen LogP contribution in [0.1, 0.15) is 71.1 Å². The molecule has 1 aliphatic rings. The number of hydrogen-bond acceptors (Lipinski definition) is 2. The first-order chi connectivity index (χ1) is 8.64. The van der Waals surface area contributed by atoms with Crippen LogP contribution in [0.5, 0.6) is 0 Å². The van der Waals surface area contributed by atoms with Gasteiger partial charge in [-0.1, -0.05) is 32.6 Å². The number of carboxylic acids is 1. The van der Waals surface area contributed by atoms with Crippen LogP contribution in [-0.2, 0) is 4.79 Å². The van der Waals surface area contributed by atoms with Crippen LogP contribution in [0.2, 0.25) is 0 Å². The van der Waals surface area contributed by atoms with E-state index >= 15 is 0 Å². The minimum Gasteiger partial charge on any atom is -0.481 e. The second-order valence-corrected chi connectivity index (χ2v) is 5.85. The lowest BCUT2D eigenvalue weighted by Gasteiger charge is -2.37. The summed E-state index contributed by atoms with van der Waals surface area (Å²) in [6, 6.07) is 0. The number of unbranched alkanes of at least 4 members (excludes halogenated alkanes) is 2. The van der Waals surface area contributed by atoms with Gasteiger partial charge in [0.25, 0.3) is 0 Å². The van der Waals surface area contributed by atoms with Crippen molar-refractivity contribution in [2.75, 3.05) is 6.61 Å². The van der Waals surface area contributed by atoms with Gasteiger partial charge in [-0.05, 0) is 44.4 Å². The van der Waals surface area contributed by atoms with Crippen LogP contribution >= 0.6 is 0 Å². The first-order valence-electron chi connectivity index (χ1n) is 7.49. The van der Waals surface area contributed by atoms with Crippen molar-refractivity contribution in [2.24, 2.45) is 11.3 Å². The molecule has 1 rings (SSSR count). The van der Waals surface area contributed by atoms with Crippen LogP contribution in [0.25, 0.3) is 0 Å². The molecule has 3 heteroatoms. The van der Waals surface area contributed by atoms with Gasteiger partial charge in [0.15, 0.2) is 0 Å². The molecule has 3 nitrogen and oxygen atoms in total. The van der Waals surface area contributed by atoms with E-state index in [4.69, 9.17) is 5.11 Å². The van der Waals surface area contributed by atoms with Gasteiger partial charge in [0, 0.05) is 6.61 Å². The van der Waals surface area contributed by atoms with Gasteiger partial charge in [-0.2, -0.15) is 0 Å². The Balaban J connectivity index is 2.44. The quantitative estimate of drug-likeness (QED) is 0.652. The van der Waals surface area contributed by atoms with Gasteiger partial charge in [-0.3, -0.25) is 4.79 Å². The van der Waals surface area contributed by atoms with Gasteiger partial charge < -0.3 is 10.2 Å². The van der Waals surface area contributed by atoms with Crippen LogP contribution in [0, 0.1) is 11.3 Å². The van der Waals surface area contributed by atoms with E-state index in [0.717, 1.165) is 50.9 Å². The standard InChI is InChI=1S/C15H28O3/c1-2-3-6-13-7-10-15(11-8-13,14(17)18)9-4-5-12-16/h13,16H,2-12H2,1H3,(H,17,18). The third kappa shape index (κ3) is 4.27. The van der Waals surface area contributed by atoms with Gasteiger partial charge in [0.1, 0.15) is 0 Å². The van der Waals surface area contributed by atoms with E-state index in [0.29, 0.717) is 0 Å². The van der Waals surface area contributed by atoms with Crippen LogP contribution in [0.15, 0.2) is 0 Å². The number of rotatable bonds is 8. The summed E-state index contributed by atoms with van der Waals surface area (Å²) in [5, 5.41) is 18.3. The SMILES string of the molecule is CCCCC1CCC(CCCCO)(C(=O)O)CC1. The molecular weight excluding hydrogens is 228 g/mol. The Bertz CT molecular complexity index is 242. The molecule has 0 saturated heterocycles. The molecule has 0 aromatic rings. The normalized spacial score (nSPS) is 28.2. The molecule has 0 unspecified atom stereocenters. The number of aliphatic carboxylic acids is 1. The van der Waals surface area contributed by atoms with Gasteiger partial charge in [-0.15, -0.1) is 0 Å². The fourth-order valence-corrected chi connectivity index (χ4v) is 3.16. The number of hydrogen-bond donors (Lipinski definition) is 2. The zero-order valence-electron chi connectivity index (χ0n) is 11.7. The van der Waals surface area contributed by atoms with Crippen molar-refractivity contribution in [1.82, 2.24) is 0 Å². The molecule has 0 aromatic heterocycles. The minimum atomic E-state index is -0.616. The Morgan fingerprint density at radius 1 is 1.22 bits per heavy atom. The molecule has 1 saturated carbocycles. The Morgan fingerprint density at radius 2 is 1.89 bits per heavy atom. The highest BCUT2D eigenvalue weighted by Gasteiger charge is 2.40. The number of carbonyl (C=O) groups is 1. The highest BCUT2D eigenvalue weighted by atomic mass is 16.4. The average Bonchev–Trinajstić information content (AvgIpc) is 2.38. The highest BCUT2D eigenvalue weighted by Crippen LogP contribution is 2.44. The fourth-order valence-electron chi connectivity index (χ4n) is 3.16. The van der Waals surface area contributed by atoms with Crippen molar-refractivity contribution in [3.63, 3.8) is 0 Å². The van der Waals surface area contributed by atoms with Crippen molar-refractivity contribution in [3.8, 4) is 0 Å². The maximum atomic E-state index is 11.5. The highest BCUT2D eigenvalue weighted by molar-refractivity contribution is 5.74. The van der Waals surface area contributed by atoms with E-state index in [1.54, 1.807) is 0 Å². The molecule has 106 valence electrons. The van der Waals surface area contributed by atoms with E-state index in [2.05, 4.69) is 6.92 Å². The van der Waals surface area contributed by atoms with Crippen LogP contribution in [0.3, 0.4) is 0 Å². The summed E-state index contributed by atoms with van der Waals surface area (Å²) in [6.45, 7) is 2.38. The zero-order valence-corrected chi connectivity index (χ0v) is 11.7. The molecule has 0 aliphatic heterocycles. The Hall–Kier alpha value is -0.570. The second-order valence-electron chi connectivity index (χ2n) is 5.85. The lowest BCUT2D eigenvalue weighted by atomic mass is 9.67. The summed E-state index contributed by atoms with van der Waals surface area (Å²) >= 11 is 0. The smallest absolute Gasteiger partial charge is 0.309 e. The number of aliphatic hydroxyl groups is 1. The molecule has 0 aromatic carbocycles. The molecule has 0 radical (unpaired) electrons. The third-order valence-electron chi connectivity index (χ3n) is 4.55. The summed E-state index contributed by atoms with van der Waals surface area (Å²) in [7, 11) is 0. The molecule has 1 fully saturated rings. The molecule has 2 N–H and O–H groups in total. The fraction of sp³-hybridized carbons (Fsp3) is 0.933. The Kier molecular flexibility index (Phi) is 6.69.